The van der Waals surface area contributed by atoms with Crippen molar-refractivity contribution in [1.29, 1.82) is 0 Å². The number of hydrogen-bond donors (Lipinski definition) is 1. The van der Waals surface area contributed by atoms with E-state index in [1.165, 1.54) is 38.5 Å². The average Bonchev–Trinajstić information content (AvgIpc) is 2.61. The van der Waals surface area contributed by atoms with Crippen molar-refractivity contribution in [3.05, 3.63) is 11.3 Å². The van der Waals surface area contributed by atoms with E-state index >= 15 is 0 Å². The van der Waals surface area contributed by atoms with Crippen LogP contribution in [0.15, 0.2) is 0 Å². The van der Waals surface area contributed by atoms with Crippen LogP contribution >= 0.6 is 0 Å². The largest absolute Gasteiger partial charge is 0.471 e. The quantitative estimate of drug-likeness (QED) is 0.922. The van der Waals surface area contributed by atoms with Crippen LogP contribution in [0.4, 0.5) is 0 Å². The van der Waals surface area contributed by atoms with Crippen LogP contribution in [-0.2, 0) is 13.6 Å². The lowest BCUT2D eigenvalue weighted by atomic mass is 9.54. The maximum Gasteiger partial charge on any atom is 0.216 e. The van der Waals surface area contributed by atoms with Gasteiger partial charge >= 0.3 is 0 Å². The predicted octanol–water partition coefficient (Wildman–Crippen LogP) is 2.53. The lowest BCUT2D eigenvalue weighted by molar-refractivity contribution is -0.111. The molecule has 20 heavy (non-hydrogen) atoms. The molecule has 2 N–H and O–H groups in total. The van der Waals surface area contributed by atoms with Crippen molar-refractivity contribution in [3.63, 3.8) is 0 Å². The molecule has 0 spiro atoms. The van der Waals surface area contributed by atoms with Crippen LogP contribution < -0.4 is 10.5 Å². The van der Waals surface area contributed by atoms with Gasteiger partial charge in [0.05, 0.1) is 11.3 Å². The van der Waals surface area contributed by atoms with Gasteiger partial charge in [-0.1, -0.05) is 0 Å². The summed E-state index contributed by atoms with van der Waals surface area (Å²) in [6.45, 7) is 2.54. The molecule has 0 aliphatic heterocycles. The van der Waals surface area contributed by atoms with E-state index in [9.17, 15) is 0 Å². The van der Waals surface area contributed by atoms with Gasteiger partial charge in [-0.3, -0.25) is 0 Å². The highest BCUT2D eigenvalue weighted by Crippen LogP contribution is 2.57. The second-order valence-electron chi connectivity index (χ2n) is 7.40. The molecular weight excluding hydrogens is 250 g/mol. The van der Waals surface area contributed by atoms with Crippen LogP contribution in [0.25, 0.3) is 0 Å². The molecule has 110 valence electrons. The van der Waals surface area contributed by atoms with Crippen molar-refractivity contribution in [1.82, 2.24) is 9.78 Å². The molecule has 1 aromatic heterocycles. The van der Waals surface area contributed by atoms with E-state index < -0.39 is 0 Å². The SMILES string of the molecule is Cc1nn(C)c(OC23CC4CC(CC(C4)C2)C3)c1CN. The number of hydrogen-bond acceptors (Lipinski definition) is 3. The van der Waals surface area contributed by atoms with Gasteiger partial charge in [-0.2, -0.15) is 5.10 Å². The minimum atomic E-state index is 0.0822. The molecule has 4 aliphatic rings. The lowest BCUT2D eigenvalue weighted by Crippen LogP contribution is -2.54. The van der Waals surface area contributed by atoms with Gasteiger partial charge < -0.3 is 10.5 Å². The van der Waals surface area contributed by atoms with E-state index in [0.29, 0.717) is 6.54 Å². The second kappa shape index (κ2) is 4.23. The van der Waals surface area contributed by atoms with Crippen LogP contribution in [0.3, 0.4) is 0 Å². The third-order valence-corrected chi connectivity index (χ3v) is 5.79. The molecule has 0 amide bonds. The molecule has 4 nitrogen and oxygen atoms in total. The minimum absolute atomic E-state index is 0.0822. The number of nitrogens with two attached hydrogens (primary N) is 1. The van der Waals surface area contributed by atoms with E-state index in [2.05, 4.69) is 5.10 Å². The molecule has 4 fully saturated rings. The Morgan fingerprint density at radius 2 is 1.75 bits per heavy atom. The van der Waals surface area contributed by atoms with E-state index in [0.717, 1.165) is 34.9 Å². The summed E-state index contributed by atoms with van der Waals surface area (Å²) in [5.41, 5.74) is 8.08. The van der Waals surface area contributed by atoms with Crippen molar-refractivity contribution in [2.24, 2.45) is 30.5 Å². The summed E-state index contributed by atoms with van der Waals surface area (Å²) in [7, 11) is 1.97. The van der Waals surface area contributed by atoms with Crippen molar-refractivity contribution in [2.45, 2.75) is 57.6 Å². The van der Waals surface area contributed by atoms with Crippen LogP contribution in [0, 0.1) is 24.7 Å². The highest BCUT2D eigenvalue weighted by Gasteiger charge is 2.53. The van der Waals surface area contributed by atoms with Crippen LogP contribution in [0.5, 0.6) is 5.88 Å². The Hall–Kier alpha value is -1.03. The summed E-state index contributed by atoms with van der Waals surface area (Å²) in [6.07, 6.45) is 8.05. The molecule has 0 aromatic carbocycles. The number of ether oxygens (including phenoxy) is 1. The third-order valence-electron chi connectivity index (χ3n) is 5.79. The van der Waals surface area contributed by atoms with Crippen molar-refractivity contribution in [3.8, 4) is 5.88 Å². The zero-order valence-electron chi connectivity index (χ0n) is 12.6. The monoisotopic (exact) mass is 275 g/mol. The Morgan fingerprint density at radius 3 is 2.25 bits per heavy atom. The van der Waals surface area contributed by atoms with Crippen molar-refractivity contribution < 1.29 is 4.74 Å². The fraction of sp³-hybridized carbons (Fsp3) is 0.812. The molecule has 0 unspecified atom stereocenters. The van der Waals surface area contributed by atoms with Crippen LogP contribution in [-0.4, -0.2) is 15.4 Å². The average molecular weight is 275 g/mol. The fourth-order valence-corrected chi connectivity index (χ4v) is 5.40. The zero-order valence-corrected chi connectivity index (χ0v) is 12.6. The molecule has 4 aliphatic carbocycles. The van der Waals surface area contributed by atoms with Gasteiger partial charge in [-0.05, 0) is 63.2 Å². The highest BCUT2D eigenvalue weighted by atomic mass is 16.5. The molecule has 0 radical (unpaired) electrons. The molecule has 4 saturated carbocycles. The van der Waals surface area contributed by atoms with Gasteiger partial charge in [0.25, 0.3) is 0 Å². The van der Waals surface area contributed by atoms with Crippen molar-refractivity contribution in [2.75, 3.05) is 0 Å². The molecule has 0 saturated heterocycles. The zero-order chi connectivity index (χ0) is 13.9. The van der Waals surface area contributed by atoms with Gasteiger partial charge in [-0.25, -0.2) is 4.68 Å². The number of aromatic nitrogens is 2. The van der Waals surface area contributed by atoms with Gasteiger partial charge in [0.2, 0.25) is 5.88 Å². The Bertz CT molecular complexity index is 499. The molecule has 0 atom stereocenters. The maximum absolute atomic E-state index is 6.61. The third kappa shape index (κ3) is 1.80. The molecular formula is C16H25N3O. The van der Waals surface area contributed by atoms with E-state index in [-0.39, 0.29) is 5.60 Å². The number of aryl methyl sites for hydroxylation is 2. The standard InChI is InChI=1S/C16H25N3O/c1-10-14(9-17)15(19(2)18-10)20-16-6-11-3-12(7-16)5-13(4-11)8-16/h11-13H,3-9,17H2,1-2H3. The number of nitrogens with zero attached hydrogens (tertiary/aromatic N) is 2. The van der Waals surface area contributed by atoms with Gasteiger partial charge in [-0.15, -0.1) is 0 Å². The molecule has 4 heteroatoms. The Balaban J connectivity index is 1.66. The highest BCUT2D eigenvalue weighted by molar-refractivity contribution is 5.31. The van der Waals surface area contributed by atoms with E-state index in [1.807, 2.05) is 18.7 Å². The Morgan fingerprint density at radius 1 is 1.20 bits per heavy atom. The van der Waals surface area contributed by atoms with E-state index in [1.54, 1.807) is 0 Å². The van der Waals surface area contributed by atoms with Gasteiger partial charge in [0, 0.05) is 13.6 Å². The number of rotatable bonds is 3. The predicted molar refractivity (Wildman–Crippen MR) is 77.4 cm³/mol. The van der Waals surface area contributed by atoms with Gasteiger partial charge in [0.1, 0.15) is 5.60 Å². The van der Waals surface area contributed by atoms with Gasteiger partial charge in [0.15, 0.2) is 0 Å². The molecule has 1 aromatic rings. The smallest absolute Gasteiger partial charge is 0.216 e. The maximum atomic E-state index is 6.61. The normalized spacial score (nSPS) is 38.5. The summed E-state index contributed by atoms with van der Waals surface area (Å²) in [6, 6.07) is 0. The molecule has 1 heterocycles. The second-order valence-corrected chi connectivity index (χ2v) is 7.40. The lowest BCUT2D eigenvalue weighted by Gasteiger charge is -2.56. The molecule has 5 rings (SSSR count). The first kappa shape index (κ1) is 12.7. The topological polar surface area (TPSA) is 53.1 Å². The first-order valence-electron chi connectivity index (χ1n) is 8.00. The minimum Gasteiger partial charge on any atom is -0.471 e. The summed E-state index contributed by atoms with van der Waals surface area (Å²) in [5, 5.41) is 4.49. The summed E-state index contributed by atoms with van der Waals surface area (Å²) in [5.74, 6) is 3.62. The first-order valence-corrected chi connectivity index (χ1v) is 8.00. The summed E-state index contributed by atoms with van der Waals surface area (Å²) in [4.78, 5) is 0. The Labute approximate surface area is 120 Å². The first-order chi connectivity index (χ1) is 9.58. The van der Waals surface area contributed by atoms with Crippen LogP contribution in [0.2, 0.25) is 0 Å². The molecule has 4 bridgehead atoms. The summed E-state index contributed by atoms with van der Waals surface area (Å²) >= 11 is 0. The van der Waals surface area contributed by atoms with Crippen molar-refractivity contribution >= 4 is 0 Å². The summed E-state index contributed by atoms with van der Waals surface area (Å²) < 4.78 is 8.49. The fourth-order valence-electron chi connectivity index (χ4n) is 5.40. The van der Waals surface area contributed by atoms with E-state index in [4.69, 9.17) is 10.5 Å². The Kier molecular flexibility index (Phi) is 2.69. The van der Waals surface area contributed by atoms with Crippen LogP contribution in [0.1, 0.15) is 49.8 Å².